The Morgan fingerprint density at radius 2 is 0.667 bits per heavy atom. The number of rotatable bonds is 42. The van der Waals surface area contributed by atoms with Gasteiger partial charge in [-0.3, -0.25) is 76.7 Å². The number of nitrogens with one attached hydrogen (secondary N) is 12. The van der Waals surface area contributed by atoms with Crippen LogP contribution in [0.1, 0.15) is 139 Å². The van der Waals surface area contributed by atoms with Gasteiger partial charge in [-0.2, -0.15) is 0 Å². The molecule has 1 saturated heterocycles. The summed E-state index contributed by atoms with van der Waals surface area (Å²) < 4.78 is 0. The Hall–Kier alpha value is -9.09. The van der Waals surface area contributed by atoms with E-state index in [4.69, 9.17) is 5.11 Å². The summed E-state index contributed by atoms with van der Waals surface area (Å²) in [5.41, 5.74) is 0. The highest BCUT2D eigenvalue weighted by molar-refractivity contribution is 5.99. The van der Waals surface area contributed by atoms with Gasteiger partial charge in [0.25, 0.3) is 0 Å². The highest BCUT2D eigenvalue weighted by Crippen LogP contribution is 2.13. The molecule has 36 nitrogen and oxygen atoms in total. The fourth-order valence-electron chi connectivity index (χ4n) is 8.55. The molecule has 19 N–H and O–H groups in total. The second-order valence-corrected chi connectivity index (χ2v) is 22.3. The molecule has 13 atom stereocenters. The number of aliphatic hydroxyl groups is 1. The summed E-state index contributed by atoms with van der Waals surface area (Å²) in [7, 11) is 0. The van der Waals surface area contributed by atoms with Gasteiger partial charge in [0.15, 0.2) is 0 Å². The molecule has 1 aliphatic rings. The topological polar surface area (TPSA) is 576 Å². The fraction of sp³-hybridized carbons (Fsp3) is 0.685. The normalized spacial score (nSPS) is 16.7. The summed E-state index contributed by atoms with van der Waals surface area (Å²) in [6.07, 6.45) is -7.24. The van der Waals surface area contributed by atoms with Gasteiger partial charge in [0.2, 0.25) is 65.0 Å². The summed E-state index contributed by atoms with van der Waals surface area (Å²) >= 11 is 0. The Morgan fingerprint density at radius 1 is 0.367 bits per heavy atom. The molecule has 506 valence electrons. The second-order valence-electron chi connectivity index (χ2n) is 22.3. The molecule has 1 heterocycles. The van der Waals surface area contributed by atoms with Gasteiger partial charge in [-0.15, -0.1) is 0 Å². The van der Waals surface area contributed by atoms with Gasteiger partial charge in [0, 0.05) is 32.1 Å². The van der Waals surface area contributed by atoms with Gasteiger partial charge in [-0.05, 0) is 97.4 Å². The first-order chi connectivity index (χ1) is 41.8. The van der Waals surface area contributed by atoms with Crippen molar-refractivity contribution in [3.63, 3.8) is 0 Å². The molecule has 0 aromatic carbocycles. The predicted octanol–water partition coefficient (Wildman–Crippen LogP) is -5.38. The van der Waals surface area contributed by atoms with Gasteiger partial charge in [-0.1, -0.05) is 27.7 Å². The van der Waals surface area contributed by atoms with E-state index in [1.165, 1.54) is 13.8 Å². The van der Waals surface area contributed by atoms with Crippen LogP contribution in [0, 0.1) is 11.8 Å². The lowest BCUT2D eigenvalue weighted by molar-refractivity contribution is -0.144. The molecule has 0 aliphatic carbocycles. The van der Waals surface area contributed by atoms with E-state index in [-0.39, 0.29) is 12.3 Å². The number of hydrogen-bond donors (Lipinski definition) is 19. The molecule has 0 saturated carbocycles. The van der Waals surface area contributed by atoms with Crippen LogP contribution in [-0.2, 0) is 81.5 Å². The Balaban J connectivity index is 3.33. The maximum absolute atomic E-state index is 13.9. The van der Waals surface area contributed by atoms with E-state index in [9.17, 15) is 112 Å². The zero-order chi connectivity index (χ0) is 68.9. The third kappa shape index (κ3) is 29.7. The van der Waals surface area contributed by atoms with E-state index in [0.29, 0.717) is 19.4 Å². The lowest BCUT2D eigenvalue weighted by Crippen LogP contribution is -2.61. The zero-order valence-corrected chi connectivity index (χ0v) is 51.1. The molecule has 1 aliphatic heterocycles. The molecule has 0 aromatic rings. The molecule has 90 heavy (non-hydrogen) atoms. The smallest absolute Gasteiger partial charge is 0.326 e. The molecule has 0 unspecified atom stereocenters. The van der Waals surface area contributed by atoms with Crippen LogP contribution in [-0.4, -0.2) is 222 Å². The van der Waals surface area contributed by atoms with E-state index < -0.39 is 250 Å². The number of aliphatic carboxylic acids is 6. The highest BCUT2D eigenvalue weighted by Gasteiger charge is 2.38. The fourth-order valence-corrected chi connectivity index (χ4v) is 8.55. The van der Waals surface area contributed by atoms with E-state index in [0.717, 1.165) is 27.7 Å². The Kier molecular flexibility index (Phi) is 34.2. The standard InChI is InChI=1S/C54H86N12O24/c1-23(2)22-35(64-46(81)29-10-9-21-55-29)51(86)66-42(28(8)67)53(88)62-32(13-18-38(72)73)49(84)61-31(12-17-37(70)71)48(83)57-25(5)43(78)59-30(11-16-36(68)69)47(82)56-26(6)44(79)60-33(14-19-39(74)75)50(85)65-41(24(3)4)52(87)58-27(7)45(80)63-34(54(89)90)15-20-40(76)77/h23-35,41-42,55,67H,9-22H2,1-8H3,(H,56,82)(H,57,83)(H,58,87)(H,59,78)(H,60,79)(H,61,84)(H,62,88)(H,63,80)(H,64,81)(H,65,85)(H,66,86)(H,68,69)(H,70,71)(H,72,73)(H,74,75)(H,76,77)(H,89,90)/t25-,26-,27-,28+,29-,30-,31-,32-,33-,34-,35-,41-,42-/m0/s1. The first kappa shape index (κ1) is 78.9. The van der Waals surface area contributed by atoms with E-state index in [1.807, 2.05) is 0 Å². The Bertz CT molecular complexity index is 2610. The van der Waals surface area contributed by atoms with Crippen LogP contribution in [0.25, 0.3) is 0 Å². The van der Waals surface area contributed by atoms with Gasteiger partial charge in [-0.25, -0.2) is 4.79 Å². The Morgan fingerprint density at radius 3 is 1.00 bits per heavy atom. The summed E-state index contributed by atoms with van der Waals surface area (Å²) in [4.78, 5) is 218. The summed E-state index contributed by atoms with van der Waals surface area (Å²) in [5, 5.41) is 94.9. The molecule has 1 fully saturated rings. The predicted molar refractivity (Wildman–Crippen MR) is 307 cm³/mol. The van der Waals surface area contributed by atoms with Crippen molar-refractivity contribution in [3.05, 3.63) is 0 Å². The number of aliphatic hydroxyl groups excluding tert-OH is 1. The summed E-state index contributed by atoms with van der Waals surface area (Å²) in [6.45, 7) is 11.4. The van der Waals surface area contributed by atoms with Gasteiger partial charge < -0.3 is 99.5 Å². The third-order valence-corrected chi connectivity index (χ3v) is 13.7. The second kappa shape index (κ2) is 39.0. The Labute approximate surface area is 516 Å². The van der Waals surface area contributed by atoms with Crippen LogP contribution in [0.5, 0.6) is 0 Å². The van der Waals surface area contributed by atoms with Crippen LogP contribution in [0.2, 0.25) is 0 Å². The van der Waals surface area contributed by atoms with Crippen LogP contribution < -0.4 is 63.8 Å². The summed E-state index contributed by atoms with van der Waals surface area (Å²) in [6, 6.07) is -18.8. The maximum atomic E-state index is 13.9. The van der Waals surface area contributed by atoms with Crippen LogP contribution >= 0.6 is 0 Å². The SMILES string of the molecule is CC(C)C[C@H](NC(=O)[C@@H]1CCCN1)C(=O)N[C@H](C(=O)N[C@@H](CCC(=O)O)C(=O)N[C@@H](CCC(=O)O)C(=O)N[C@@H](C)C(=O)N[C@@H](CCC(=O)O)C(=O)N[C@@H](C)C(=O)N[C@@H](CCC(=O)O)C(=O)N[C@H](C(=O)N[C@@H](C)C(=O)N[C@@H](CCC(=O)O)C(=O)O)C(C)C)[C@@H](C)O. The van der Waals surface area contributed by atoms with Crippen molar-refractivity contribution >= 4 is 101 Å². The third-order valence-electron chi connectivity index (χ3n) is 13.7. The molecule has 0 aromatic heterocycles. The first-order valence-electron chi connectivity index (χ1n) is 28.9. The van der Waals surface area contributed by atoms with E-state index in [1.54, 1.807) is 13.8 Å². The van der Waals surface area contributed by atoms with Gasteiger partial charge in [0.05, 0.1) is 12.1 Å². The lowest BCUT2D eigenvalue weighted by Gasteiger charge is -2.28. The van der Waals surface area contributed by atoms with Crippen molar-refractivity contribution in [1.82, 2.24) is 63.8 Å². The van der Waals surface area contributed by atoms with Crippen LogP contribution in [0.3, 0.4) is 0 Å². The molecule has 1 rings (SSSR count). The molecule has 0 bridgehead atoms. The number of carboxylic acid groups (broad SMARTS) is 6. The number of carbonyl (C=O) groups excluding carboxylic acids is 11. The first-order valence-corrected chi connectivity index (χ1v) is 28.9. The lowest BCUT2D eigenvalue weighted by atomic mass is 10.0. The minimum Gasteiger partial charge on any atom is -0.481 e. The molecule has 0 radical (unpaired) electrons. The largest absolute Gasteiger partial charge is 0.481 e. The van der Waals surface area contributed by atoms with E-state index in [2.05, 4.69) is 63.8 Å². The average molecular weight is 1290 g/mol. The van der Waals surface area contributed by atoms with Crippen molar-refractivity contribution in [1.29, 1.82) is 0 Å². The monoisotopic (exact) mass is 1290 g/mol. The number of carbonyl (C=O) groups is 17. The van der Waals surface area contributed by atoms with Crippen molar-refractivity contribution in [2.45, 2.75) is 217 Å². The molecule has 11 amide bonds. The van der Waals surface area contributed by atoms with Crippen molar-refractivity contribution in [2.24, 2.45) is 11.8 Å². The molecular formula is C54H86N12O24. The number of amides is 11. The van der Waals surface area contributed by atoms with Crippen LogP contribution in [0.15, 0.2) is 0 Å². The number of carboxylic acids is 6. The van der Waals surface area contributed by atoms with Crippen molar-refractivity contribution in [3.8, 4) is 0 Å². The van der Waals surface area contributed by atoms with Gasteiger partial charge >= 0.3 is 35.8 Å². The maximum Gasteiger partial charge on any atom is 0.326 e. The van der Waals surface area contributed by atoms with Gasteiger partial charge in [0.1, 0.15) is 66.5 Å². The van der Waals surface area contributed by atoms with E-state index >= 15 is 0 Å². The molecule has 36 heteroatoms. The number of hydrogen-bond acceptors (Lipinski definition) is 19. The van der Waals surface area contributed by atoms with Crippen molar-refractivity contribution < 1.29 is 117 Å². The quantitative estimate of drug-likeness (QED) is 0.0271. The van der Waals surface area contributed by atoms with Crippen molar-refractivity contribution in [2.75, 3.05) is 6.54 Å². The average Bonchev–Trinajstić information content (AvgIpc) is 2.17. The van der Waals surface area contributed by atoms with Crippen LogP contribution in [0.4, 0.5) is 0 Å². The molecular weight excluding hydrogens is 1200 g/mol. The highest BCUT2D eigenvalue weighted by atomic mass is 16.4. The minimum absolute atomic E-state index is 0.0975. The molecule has 0 spiro atoms. The summed E-state index contributed by atoms with van der Waals surface area (Å²) in [5.74, 6) is -21.6. The minimum atomic E-state index is -1.86. The zero-order valence-electron chi connectivity index (χ0n) is 51.1.